The predicted octanol–water partition coefficient (Wildman–Crippen LogP) is -0.668. The van der Waals surface area contributed by atoms with Crippen LogP contribution in [0.4, 0.5) is 0 Å². The molecule has 0 heterocycles. The zero-order valence-corrected chi connectivity index (χ0v) is 5.36. The topological polar surface area (TPSA) is 3.24 Å². The molecule has 0 aromatic carbocycles. The van der Waals surface area contributed by atoms with Crippen LogP contribution in [0.25, 0.3) is 0 Å². The normalized spacial score (nSPS) is 19.5. The van der Waals surface area contributed by atoms with Crippen LogP contribution in [0.15, 0.2) is 0 Å². The van der Waals surface area contributed by atoms with Gasteiger partial charge in [-0.25, -0.2) is 0 Å². The van der Waals surface area contributed by atoms with E-state index in [9.17, 15) is 0 Å². The molecule has 0 N–H and O–H groups in total. The Hall–Kier alpha value is 0.177. The van der Waals surface area contributed by atoms with Crippen LogP contribution in [-0.4, -0.2) is 39.3 Å². The molecule has 0 spiro atoms. The smallest absolute Gasteiger partial charge is 0.00734 e. The van der Waals surface area contributed by atoms with Gasteiger partial charge in [0, 0.05) is 13.7 Å². The van der Waals surface area contributed by atoms with Gasteiger partial charge < -0.3 is 4.90 Å². The molecule has 6 heavy (non-hydrogen) atoms. The Morgan fingerprint density at radius 3 is 2.67 bits per heavy atom. The van der Waals surface area contributed by atoms with Crippen LogP contribution >= 0.6 is 0 Å². The Kier molecular flexibility index (Phi) is 1.39. The SMILES string of the molecule is [3H][Si]([3H])([3H])CCN(C)C. The van der Waals surface area contributed by atoms with E-state index < -0.39 is 10.0 Å². The van der Waals surface area contributed by atoms with Crippen molar-refractivity contribution >= 4 is 10.0 Å². The van der Waals surface area contributed by atoms with Gasteiger partial charge in [-0.1, -0.05) is 6.04 Å². The minimum absolute atomic E-state index is 0.417. The van der Waals surface area contributed by atoms with Crippen LogP contribution in [0, 0.1) is 0 Å². The molecule has 0 aliphatic rings. The number of nitrogens with zero attached hydrogens (tertiary/aromatic N) is 1. The van der Waals surface area contributed by atoms with E-state index in [1.165, 1.54) is 0 Å². The first-order valence-corrected chi connectivity index (χ1v) is 2.77. The Balaban J connectivity index is 3.28. The Morgan fingerprint density at radius 1 is 1.83 bits per heavy atom. The first kappa shape index (κ1) is 2.48. The van der Waals surface area contributed by atoms with Crippen molar-refractivity contribution in [2.45, 2.75) is 6.04 Å². The van der Waals surface area contributed by atoms with Crippen molar-refractivity contribution in [1.29, 1.82) is 3.70 Å². The van der Waals surface area contributed by atoms with Gasteiger partial charge in [0.1, 0.15) is 0 Å². The molecular formula is C4H13NSi. The molecular weight excluding hydrogens is 90.1 g/mol. The fraction of sp³-hybridized carbons (Fsp3) is 1.00. The van der Waals surface area contributed by atoms with E-state index in [2.05, 4.69) is 0 Å². The lowest BCUT2D eigenvalue weighted by atomic mass is 10.7. The van der Waals surface area contributed by atoms with Crippen molar-refractivity contribution in [3.05, 3.63) is 0 Å². The average molecular weight is 109 g/mol. The second kappa shape index (κ2) is 3.37. The maximum absolute atomic E-state index is 6.97. The summed E-state index contributed by atoms with van der Waals surface area (Å²) in [4.78, 5) is 1.90. The zero-order chi connectivity index (χ0) is 7.49. The molecule has 0 amide bonds. The third kappa shape index (κ3) is 4.18. The molecule has 0 aliphatic heterocycles. The van der Waals surface area contributed by atoms with Crippen molar-refractivity contribution in [1.82, 2.24) is 4.90 Å². The second-order valence-corrected chi connectivity index (χ2v) is 2.05. The molecule has 0 aromatic heterocycles. The summed E-state index contributed by atoms with van der Waals surface area (Å²) >= 11 is 0. The lowest BCUT2D eigenvalue weighted by Crippen LogP contribution is -2.11. The Bertz CT molecular complexity index is 80.4. The number of hydrogen-bond donors (Lipinski definition) is 0. The molecule has 0 saturated heterocycles. The molecule has 0 aromatic rings. The van der Waals surface area contributed by atoms with E-state index in [4.69, 9.17) is 3.70 Å². The van der Waals surface area contributed by atoms with E-state index >= 15 is 0 Å². The van der Waals surface area contributed by atoms with Crippen molar-refractivity contribution in [3.8, 4) is 0 Å². The van der Waals surface area contributed by atoms with E-state index in [0.717, 1.165) is 0 Å². The quantitative estimate of drug-likeness (QED) is 0.435. The molecule has 0 atom stereocenters. The van der Waals surface area contributed by atoms with Gasteiger partial charge in [-0.3, -0.25) is 0 Å². The van der Waals surface area contributed by atoms with E-state index in [0.29, 0.717) is 12.6 Å². The largest absolute Gasteiger partial charge is 0.310 e. The predicted molar refractivity (Wildman–Crippen MR) is 33.3 cm³/mol. The minimum atomic E-state index is -3.01. The lowest BCUT2D eigenvalue weighted by molar-refractivity contribution is 0.434. The summed E-state index contributed by atoms with van der Waals surface area (Å²) in [6.45, 7) is 0.697. The maximum atomic E-state index is 6.97. The molecule has 38 valence electrons. The highest BCUT2D eigenvalue weighted by atomic mass is 28.1. The Labute approximate surface area is 46.4 Å². The van der Waals surface area contributed by atoms with Gasteiger partial charge in [0.15, 0.2) is 0 Å². The molecule has 0 radical (unpaired) electrons. The molecule has 0 bridgehead atoms. The van der Waals surface area contributed by atoms with Gasteiger partial charge in [0.2, 0.25) is 0 Å². The monoisotopic (exact) mass is 109 g/mol. The van der Waals surface area contributed by atoms with E-state index in [-0.39, 0.29) is 0 Å². The summed E-state index contributed by atoms with van der Waals surface area (Å²) in [5, 5.41) is 0. The standard InChI is InChI=1S/C4H13NSi/c1-5(2)3-4-6/h3-4H2,1-2,6H3/i6T3. The first-order valence-electron chi connectivity index (χ1n) is 3.56. The minimum Gasteiger partial charge on any atom is -0.310 e. The fourth-order valence-electron chi connectivity index (χ4n) is 0.224. The summed E-state index contributed by atoms with van der Waals surface area (Å²) < 4.78 is 20.9. The summed E-state index contributed by atoms with van der Waals surface area (Å²) in [5.74, 6) is 0. The second-order valence-electron chi connectivity index (χ2n) is 1.55. The molecule has 1 nitrogen and oxygen atoms in total. The van der Waals surface area contributed by atoms with Crippen molar-refractivity contribution in [3.63, 3.8) is 0 Å². The molecule has 0 fully saturated rings. The third-order valence-electron chi connectivity index (χ3n) is 0.559. The lowest BCUT2D eigenvalue weighted by Gasteiger charge is -2.03. The van der Waals surface area contributed by atoms with Gasteiger partial charge in [0.25, 0.3) is 0 Å². The summed E-state index contributed by atoms with van der Waals surface area (Å²) in [7, 11) is 0.766. The van der Waals surface area contributed by atoms with Crippen LogP contribution in [0.5, 0.6) is 0 Å². The van der Waals surface area contributed by atoms with Crippen LogP contribution in [0.3, 0.4) is 0 Å². The van der Waals surface area contributed by atoms with Crippen LogP contribution in [-0.2, 0) is 0 Å². The zero-order valence-electron chi connectivity index (χ0n) is 7.36. The van der Waals surface area contributed by atoms with Crippen LogP contribution in [0.1, 0.15) is 0 Å². The maximum Gasteiger partial charge on any atom is 0.00734 e. The van der Waals surface area contributed by atoms with Gasteiger partial charge in [-0.2, -0.15) is 0 Å². The molecule has 0 rings (SSSR count). The number of rotatable bonds is 3. The van der Waals surface area contributed by atoms with E-state index in [1.54, 1.807) is 0 Å². The number of hydrogen-bond acceptors (Lipinski definition) is 1. The van der Waals surface area contributed by atoms with E-state index in [1.807, 2.05) is 19.0 Å². The third-order valence-corrected chi connectivity index (χ3v) is 0.783. The summed E-state index contributed by atoms with van der Waals surface area (Å²) in [6, 6.07) is 0.417. The average Bonchev–Trinajstić information content (AvgIpc) is 1.59. The first-order chi connectivity index (χ1) is 3.92. The van der Waals surface area contributed by atoms with Crippen LogP contribution < -0.4 is 0 Å². The Morgan fingerprint density at radius 2 is 2.50 bits per heavy atom. The molecule has 0 saturated carbocycles. The summed E-state index contributed by atoms with van der Waals surface area (Å²) in [6.07, 6.45) is 0. The fourth-order valence-corrected chi connectivity index (χ4v) is 0.671. The molecule has 2 heteroatoms. The molecule has 0 aliphatic carbocycles. The van der Waals surface area contributed by atoms with Crippen molar-refractivity contribution < 1.29 is 0 Å². The van der Waals surface area contributed by atoms with Crippen LogP contribution in [0.2, 0.25) is 6.04 Å². The van der Waals surface area contributed by atoms with Crippen molar-refractivity contribution in [2.24, 2.45) is 0 Å². The highest BCUT2D eigenvalue weighted by Crippen LogP contribution is 1.74. The van der Waals surface area contributed by atoms with Gasteiger partial charge in [-0.15, -0.1) is 0 Å². The molecule has 0 unspecified atom stereocenters. The van der Waals surface area contributed by atoms with Gasteiger partial charge in [-0.05, 0) is 20.6 Å². The van der Waals surface area contributed by atoms with Gasteiger partial charge in [0.05, 0.1) is 0 Å². The van der Waals surface area contributed by atoms with Gasteiger partial charge >= 0.3 is 0 Å². The summed E-state index contributed by atoms with van der Waals surface area (Å²) in [5.41, 5.74) is 0. The highest BCUT2D eigenvalue weighted by Gasteiger charge is 1.79. The van der Waals surface area contributed by atoms with Crippen molar-refractivity contribution in [2.75, 3.05) is 20.6 Å². The highest BCUT2D eigenvalue weighted by molar-refractivity contribution is 6.08.